The molecule has 0 saturated carbocycles. The van der Waals surface area contributed by atoms with Crippen LogP contribution in [0.25, 0.3) is 11.3 Å². The van der Waals surface area contributed by atoms with Gasteiger partial charge in [-0.2, -0.15) is 0 Å². The second-order valence-electron chi connectivity index (χ2n) is 3.07. The minimum Gasteiger partial charge on any atom is -0.399 e. The topological polar surface area (TPSA) is 64.9 Å². The highest BCUT2D eigenvalue weighted by Crippen LogP contribution is 2.30. The molecule has 4 heteroatoms. The van der Waals surface area contributed by atoms with Crippen molar-refractivity contribution in [2.24, 2.45) is 0 Å². The lowest BCUT2D eigenvalue weighted by Gasteiger charge is -1.98. The van der Waals surface area contributed by atoms with Crippen molar-refractivity contribution in [1.82, 2.24) is 4.98 Å². The predicted molar refractivity (Wildman–Crippen MR) is 61.1 cm³/mol. The van der Waals surface area contributed by atoms with Crippen LogP contribution in [0.3, 0.4) is 0 Å². The average molecular weight is 205 g/mol. The van der Waals surface area contributed by atoms with Crippen LogP contribution < -0.4 is 11.5 Å². The Kier molecular flexibility index (Phi) is 2.13. The van der Waals surface area contributed by atoms with Gasteiger partial charge in [0.2, 0.25) is 0 Å². The summed E-state index contributed by atoms with van der Waals surface area (Å²) in [5.74, 6) is 0. The third-order valence-corrected chi connectivity index (χ3v) is 2.74. The molecular formula is C10H11N3S. The van der Waals surface area contributed by atoms with Gasteiger partial charge >= 0.3 is 0 Å². The maximum Gasteiger partial charge on any atom is 0.114 e. The standard InChI is InChI=1S/C10H11N3S/c1-6-13-9(10(12)14-6)7-2-4-8(11)5-3-7/h2-5H,11-12H2,1H3. The SMILES string of the molecule is Cc1nc(-c2ccc(N)cc2)c(N)s1. The maximum atomic E-state index is 5.84. The van der Waals surface area contributed by atoms with Crippen LogP contribution in [-0.2, 0) is 0 Å². The average Bonchev–Trinajstić information content (AvgIpc) is 2.47. The van der Waals surface area contributed by atoms with Crippen LogP contribution in [0.2, 0.25) is 0 Å². The first-order chi connectivity index (χ1) is 6.66. The molecule has 0 aliphatic rings. The molecule has 0 unspecified atom stereocenters. The summed E-state index contributed by atoms with van der Waals surface area (Å²) >= 11 is 1.50. The first-order valence-electron chi connectivity index (χ1n) is 4.25. The summed E-state index contributed by atoms with van der Waals surface area (Å²) in [6, 6.07) is 7.56. The van der Waals surface area contributed by atoms with E-state index in [4.69, 9.17) is 11.5 Å². The zero-order chi connectivity index (χ0) is 10.1. The van der Waals surface area contributed by atoms with Crippen LogP contribution in [0.5, 0.6) is 0 Å². The van der Waals surface area contributed by atoms with Crippen molar-refractivity contribution in [3.63, 3.8) is 0 Å². The fourth-order valence-electron chi connectivity index (χ4n) is 1.29. The summed E-state index contributed by atoms with van der Waals surface area (Å²) in [5, 5.41) is 1.74. The highest BCUT2D eigenvalue weighted by Gasteiger charge is 2.07. The molecule has 14 heavy (non-hydrogen) atoms. The molecule has 0 atom stereocenters. The highest BCUT2D eigenvalue weighted by atomic mass is 32.1. The third kappa shape index (κ3) is 1.56. The summed E-state index contributed by atoms with van der Waals surface area (Å²) in [5.41, 5.74) is 14.1. The lowest BCUT2D eigenvalue weighted by Crippen LogP contribution is -1.87. The fraction of sp³-hybridized carbons (Fsp3) is 0.100. The Morgan fingerprint density at radius 3 is 2.29 bits per heavy atom. The minimum atomic E-state index is 0.749. The zero-order valence-corrected chi connectivity index (χ0v) is 8.64. The first-order valence-corrected chi connectivity index (χ1v) is 5.07. The molecule has 4 N–H and O–H groups in total. The van der Waals surface area contributed by atoms with E-state index < -0.39 is 0 Å². The van der Waals surface area contributed by atoms with E-state index in [2.05, 4.69) is 4.98 Å². The number of nitrogen functional groups attached to an aromatic ring is 2. The van der Waals surface area contributed by atoms with Gasteiger partial charge in [0.25, 0.3) is 0 Å². The van der Waals surface area contributed by atoms with E-state index in [0.29, 0.717) is 0 Å². The number of hydrogen-bond acceptors (Lipinski definition) is 4. The number of benzene rings is 1. The van der Waals surface area contributed by atoms with Gasteiger partial charge in [0.15, 0.2) is 0 Å². The van der Waals surface area contributed by atoms with Crippen LogP contribution in [-0.4, -0.2) is 4.98 Å². The lowest BCUT2D eigenvalue weighted by atomic mass is 10.1. The summed E-state index contributed by atoms with van der Waals surface area (Å²) in [6.45, 7) is 1.95. The van der Waals surface area contributed by atoms with Crippen molar-refractivity contribution in [2.75, 3.05) is 11.5 Å². The van der Waals surface area contributed by atoms with Crippen molar-refractivity contribution in [3.05, 3.63) is 29.3 Å². The van der Waals surface area contributed by atoms with E-state index in [1.807, 2.05) is 31.2 Å². The van der Waals surface area contributed by atoms with E-state index in [9.17, 15) is 0 Å². The molecule has 0 saturated heterocycles. The Hall–Kier alpha value is -1.55. The number of rotatable bonds is 1. The van der Waals surface area contributed by atoms with Crippen LogP contribution in [0.1, 0.15) is 5.01 Å². The Labute approximate surface area is 86.4 Å². The van der Waals surface area contributed by atoms with Crippen LogP contribution in [0.4, 0.5) is 10.7 Å². The van der Waals surface area contributed by atoms with Gasteiger partial charge in [-0.05, 0) is 19.1 Å². The first kappa shape index (κ1) is 9.02. The molecule has 72 valence electrons. The molecule has 1 aromatic carbocycles. The number of nitrogens with zero attached hydrogens (tertiary/aromatic N) is 1. The molecule has 0 amide bonds. The Bertz CT molecular complexity index is 445. The van der Waals surface area contributed by atoms with Gasteiger partial charge < -0.3 is 11.5 Å². The lowest BCUT2D eigenvalue weighted by molar-refractivity contribution is 1.30. The molecule has 0 aliphatic heterocycles. The molecule has 1 aromatic heterocycles. The third-order valence-electron chi connectivity index (χ3n) is 1.94. The minimum absolute atomic E-state index is 0.749. The van der Waals surface area contributed by atoms with E-state index in [1.165, 1.54) is 11.3 Å². The zero-order valence-electron chi connectivity index (χ0n) is 7.82. The van der Waals surface area contributed by atoms with Gasteiger partial charge in [-0.3, -0.25) is 0 Å². The maximum absolute atomic E-state index is 5.84. The second kappa shape index (κ2) is 3.31. The monoisotopic (exact) mass is 205 g/mol. The van der Waals surface area contributed by atoms with Gasteiger partial charge in [-0.25, -0.2) is 4.98 Å². The summed E-state index contributed by atoms with van der Waals surface area (Å²) in [6.07, 6.45) is 0. The number of nitrogens with two attached hydrogens (primary N) is 2. The molecule has 1 heterocycles. The molecule has 3 nitrogen and oxygen atoms in total. The van der Waals surface area contributed by atoms with Crippen LogP contribution >= 0.6 is 11.3 Å². The molecular weight excluding hydrogens is 194 g/mol. The van der Waals surface area contributed by atoms with Crippen molar-refractivity contribution in [2.45, 2.75) is 6.92 Å². The molecule has 0 aliphatic carbocycles. The predicted octanol–water partition coefficient (Wildman–Crippen LogP) is 2.28. The fourth-order valence-corrected chi connectivity index (χ4v) is 2.01. The Morgan fingerprint density at radius 1 is 1.14 bits per heavy atom. The molecule has 2 rings (SSSR count). The van der Waals surface area contributed by atoms with Crippen molar-refractivity contribution < 1.29 is 0 Å². The van der Waals surface area contributed by atoms with Gasteiger partial charge in [-0.15, -0.1) is 11.3 Å². The van der Waals surface area contributed by atoms with E-state index in [-0.39, 0.29) is 0 Å². The number of aryl methyl sites for hydroxylation is 1. The van der Waals surface area contributed by atoms with Crippen LogP contribution in [0, 0.1) is 6.92 Å². The highest BCUT2D eigenvalue weighted by molar-refractivity contribution is 7.16. The molecule has 0 spiro atoms. The van der Waals surface area contributed by atoms with Gasteiger partial charge in [-0.1, -0.05) is 12.1 Å². The van der Waals surface area contributed by atoms with Crippen molar-refractivity contribution in [3.8, 4) is 11.3 Å². The molecule has 0 fully saturated rings. The normalized spacial score (nSPS) is 10.4. The second-order valence-corrected chi connectivity index (χ2v) is 4.30. The number of anilines is 2. The van der Waals surface area contributed by atoms with Crippen molar-refractivity contribution in [1.29, 1.82) is 0 Å². The quantitative estimate of drug-likeness (QED) is 0.702. The number of thiazole rings is 1. The Balaban J connectivity index is 2.49. The Morgan fingerprint density at radius 2 is 1.79 bits per heavy atom. The van der Waals surface area contributed by atoms with Gasteiger partial charge in [0.05, 0.1) is 5.01 Å². The largest absolute Gasteiger partial charge is 0.399 e. The molecule has 0 bridgehead atoms. The van der Waals surface area contributed by atoms with Crippen LogP contribution in [0.15, 0.2) is 24.3 Å². The van der Waals surface area contributed by atoms with Gasteiger partial charge in [0, 0.05) is 11.3 Å². The van der Waals surface area contributed by atoms with E-state index in [1.54, 1.807) is 0 Å². The smallest absolute Gasteiger partial charge is 0.114 e. The van der Waals surface area contributed by atoms with Crippen molar-refractivity contribution >= 4 is 22.0 Å². The molecule has 0 radical (unpaired) electrons. The van der Waals surface area contributed by atoms with E-state index >= 15 is 0 Å². The van der Waals surface area contributed by atoms with E-state index in [0.717, 1.165) is 27.0 Å². The molecule has 2 aromatic rings. The summed E-state index contributed by atoms with van der Waals surface area (Å²) in [7, 11) is 0. The van der Waals surface area contributed by atoms with Gasteiger partial charge in [0.1, 0.15) is 10.7 Å². The summed E-state index contributed by atoms with van der Waals surface area (Å²) < 4.78 is 0. The summed E-state index contributed by atoms with van der Waals surface area (Å²) in [4.78, 5) is 4.36. The number of aromatic nitrogens is 1. The number of hydrogen-bond donors (Lipinski definition) is 2.